The van der Waals surface area contributed by atoms with Crippen LogP contribution < -0.4 is 10.2 Å². The minimum Gasteiger partial charge on any atom is -0.378 e. The highest BCUT2D eigenvalue weighted by Gasteiger charge is 2.26. The molecule has 0 radical (unpaired) electrons. The Labute approximate surface area is 219 Å². The second kappa shape index (κ2) is 10.5. The minimum absolute atomic E-state index is 0.0387. The zero-order chi connectivity index (χ0) is 25.9. The molecular weight excluding hydrogens is 484 g/mol. The molecule has 0 saturated carbocycles. The number of benzene rings is 1. The lowest BCUT2D eigenvalue weighted by molar-refractivity contribution is 0.0692. The van der Waals surface area contributed by atoms with Crippen LogP contribution in [0, 0.1) is 0 Å². The second-order valence-electron chi connectivity index (χ2n) is 9.39. The van der Waals surface area contributed by atoms with Gasteiger partial charge in [0.1, 0.15) is 17.1 Å². The number of ether oxygens (including phenoxy) is 1. The number of amides is 2. The monoisotopic (exact) mass is 512 g/mol. The molecule has 11 heteroatoms. The van der Waals surface area contributed by atoms with Crippen LogP contribution in [0.2, 0.25) is 0 Å². The molecular formula is C27H28N8O3. The number of pyridine rings is 1. The molecule has 6 rings (SSSR count). The number of anilines is 1. The van der Waals surface area contributed by atoms with Gasteiger partial charge in [-0.2, -0.15) is 0 Å². The Balaban J connectivity index is 1.06. The summed E-state index contributed by atoms with van der Waals surface area (Å²) in [6.45, 7) is 3.71. The van der Waals surface area contributed by atoms with Gasteiger partial charge in [0.2, 0.25) is 5.95 Å². The molecule has 0 bridgehead atoms. The molecule has 0 spiro atoms. The van der Waals surface area contributed by atoms with E-state index in [1.54, 1.807) is 23.2 Å². The first-order chi connectivity index (χ1) is 18.6. The largest absolute Gasteiger partial charge is 0.378 e. The van der Waals surface area contributed by atoms with Crippen molar-refractivity contribution < 1.29 is 14.3 Å². The van der Waals surface area contributed by atoms with Crippen molar-refractivity contribution in [3.63, 3.8) is 0 Å². The molecule has 0 atom stereocenters. The minimum atomic E-state index is -0.230. The number of carbonyl (C=O) groups excluding carboxylic acids is 2. The molecule has 2 amide bonds. The Morgan fingerprint density at radius 2 is 1.71 bits per heavy atom. The number of fused-ring (bicyclic) bond motifs is 1. The molecule has 38 heavy (non-hydrogen) atoms. The first kappa shape index (κ1) is 24.0. The van der Waals surface area contributed by atoms with Crippen LogP contribution >= 0.6 is 0 Å². The lowest BCUT2D eigenvalue weighted by Crippen LogP contribution is -2.47. The van der Waals surface area contributed by atoms with E-state index in [9.17, 15) is 9.59 Å². The molecule has 11 nitrogen and oxygen atoms in total. The van der Waals surface area contributed by atoms with E-state index in [0.29, 0.717) is 81.1 Å². The summed E-state index contributed by atoms with van der Waals surface area (Å²) in [5.74, 6) is 0.813. The summed E-state index contributed by atoms with van der Waals surface area (Å²) < 4.78 is 5.38. The van der Waals surface area contributed by atoms with Crippen LogP contribution in [0.3, 0.4) is 0 Å². The highest BCUT2D eigenvalue weighted by molar-refractivity contribution is 5.94. The van der Waals surface area contributed by atoms with Gasteiger partial charge >= 0.3 is 0 Å². The topological polar surface area (TPSA) is 129 Å². The maximum atomic E-state index is 13.2. The number of aromatic amines is 1. The van der Waals surface area contributed by atoms with E-state index in [0.717, 1.165) is 11.0 Å². The number of nitrogens with one attached hydrogen (secondary N) is 2. The molecule has 194 valence electrons. The van der Waals surface area contributed by atoms with Crippen molar-refractivity contribution >= 4 is 28.8 Å². The Hall–Kier alpha value is -4.38. The number of hydrogen-bond acceptors (Lipinski definition) is 8. The maximum Gasteiger partial charge on any atom is 0.272 e. The van der Waals surface area contributed by atoms with Crippen molar-refractivity contribution in [2.24, 2.45) is 0 Å². The van der Waals surface area contributed by atoms with Crippen LogP contribution in [0.5, 0.6) is 0 Å². The van der Waals surface area contributed by atoms with Gasteiger partial charge in [-0.3, -0.25) is 9.59 Å². The molecule has 0 unspecified atom stereocenters. The number of likely N-dealkylation sites (tertiary alicyclic amines) is 1. The van der Waals surface area contributed by atoms with Gasteiger partial charge in [0.25, 0.3) is 11.8 Å². The molecule has 4 aromatic rings. The van der Waals surface area contributed by atoms with Gasteiger partial charge < -0.3 is 24.8 Å². The van der Waals surface area contributed by atoms with Crippen LogP contribution in [-0.4, -0.2) is 87.1 Å². The number of rotatable bonds is 5. The highest BCUT2D eigenvalue weighted by Crippen LogP contribution is 2.20. The number of hydrogen-bond donors (Lipinski definition) is 2. The highest BCUT2D eigenvalue weighted by atomic mass is 16.5. The Kier molecular flexibility index (Phi) is 6.65. The van der Waals surface area contributed by atoms with Crippen LogP contribution in [0.4, 0.5) is 5.95 Å². The summed E-state index contributed by atoms with van der Waals surface area (Å²) in [6.07, 6.45) is 2.92. The number of piperidine rings is 1. The molecule has 1 aromatic carbocycles. The molecule has 3 aromatic heterocycles. The van der Waals surface area contributed by atoms with Gasteiger partial charge in [-0.25, -0.2) is 19.9 Å². The standard InChI is InChI=1S/C27H28N8O3/c36-25(22-8-11-28-27(33-22)35-14-16-38-17-15-35)29-18-9-12-34(13-10-18)26(37)23-7-3-6-21(30-23)24-31-19-4-1-2-5-20(19)32-24/h1-8,11,18H,9-10,12-17H2,(H,29,36)(H,31,32). The number of H-pyrrole nitrogens is 1. The number of imidazole rings is 1. The molecule has 5 heterocycles. The van der Waals surface area contributed by atoms with Crippen LogP contribution in [0.25, 0.3) is 22.6 Å². The first-order valence-electron chi connectivity index (χ1n) is 12.8. The zero-order valence-corrected chi connectivity index (χ0v) is 20.8. The van der Waals surface area contributed by atoms with E-state index in [1.807, 2.05) is 41.3 Å². The fourth-order valence-electron chi connectivity index (χ4n) is 4.80. The quantitative estimate of drug-likeness (QED) is 0.417. The fraction of sp³-hybridized carbons (Fsp3) is 0.333. The SMILES string of the molecule is O=C(NC1CCN(C(=O)c2cccc(-c3nc4ccccc4[nH]3)n2)CC1)c1ccnc(N2CCOCC2)n1. The van der Waals surface area contributed by atoms with E-state index in [-0.39, 0.29) is 17.9 Å². The van der Waals surface area contributed by atoms with E-state index in [4.69, 9.17) is 4.74 Å². The van der Waals surface area contributed by atoms with E-state index < -0.39 is 0 Å². The Morgan fingerprint density at radius 1 is 0.895 bits per heavy atom. The normalized spacial score (nSPS) is 16.5. The summed E-state index contributed by atoms with van der Waals surface area (Å²) in [6, 6.07) is 14.7. The third-order valence-electron chi connectivity index (χ3n) is 6.89. The van der Waals surface area contributed by atoms with Crippen LogP contribution in [0.1, 0.15) is 33.8 Å². The smallest absolute Gasteiger partial charge is 0.272 e. The van der Waals surface area contributed by atoms with Crippen molar-refractivity contribution in [2.45, 2.75) is 18.9 Å². The number of morpholine rings is 1. The summed E-state index contributed by atoms with van der Waals surface area (Å²) in [5.41, 5.74) is 3.11. The first-order valence-corrected chi connectivity index (χ1v) is 12.8. The summed E-state index contributed by atoms with van der Waals surface area (Å²) in [5, 5.41) is 3.07. The van der Waals surface area contributed by atoms with Gasteiger partial charge in [-0.05, 0) is 43.2 Å². The van der Waals surface area contributed by atoms with E-state index >= 15 is 0 Å². The number of nitrogens with zero attached hydrogens (tertiary/aromatic N) is 6. The van der Waals surface area contributed by atoms with Gasteiger partial charge in [0, 0.05) is 38.4 Å². The number of aromatic nitrogens is 5. The summed E-state index contributed by atoms with van der Waals surface area (Å²) in [4.78, 5) is 51.1. The van der Waals surface area contributed by atoms with Crippen molar-refractivity contribution in [1.82, 2.24) is 35.1 Å². The lowest BCUT2D eigenvalue weighted by atomic mass is 10.0. The van der Waals surface area contributed by atoms with Crippen molar-refractivity contribution in [1.29, 1.82) is 0 Å². The van der Waals surface area contributed by atoms with Gasteiger partial charge in [0.15, 0.2) is 5.82 Å². The van der Waals surface area contributed by atoms with Gasteiger partial charge in [-0.1, -0.05) is 18.2 Å². The average molecular weight is 513 g/mol. The third kappa shape index (κ3) is 5.05. The predicted molar refractivity (Wildman–Crippen MR) is 141 cm³/mol. The Morgan fingerprint density at radius 3 is 2.53 bits per heavy atom. The maximum absolute atomic E-state index is 13.2. The lowest BCUT2D eigenvalue weighted by Gasteiger charge is -2.32. The average Bonchev–Trinajstić information content (AvgIpc) is 3.42. The third-order valence-corrected chi connectivity index (χ3v) is 6.89. The fourth-order valence-corrected chi connectivity index (χ4v) is 4.80. The van der Waals surface area contributed by atoms with Crippen molar-refractivity contribution in [3.8, 4) is 11.5 Å². The number of para-hydroxylation sites is 2. The molecule has 0 aliphatic carbocycles. The van der Waals surface area contributed by atoms with Crippen LogP contribution in [0.15, 0.2) is 54.7 Å². The molecule has 2 N–H and O–H groups in total. The second-order valence-corrected chi connectivity index (χ2v) is 9.39. The van der Waals surface area contributed by atoms with Gasteiger partial charge in [0.05, 0.1) is 24.2 Å². The number of carbonyl (C=O) groups is 2. The molecule has 2 fully saturated rings. The van der Waals surface area contributed by atoms with Crippen molar-refractivity contribution in [3.05, 3.63) is 66.1 Å². The Bertz CT molecular complexity index is 1420. The summed E-state index contributed by atoms with van der Waals surface area (Å²) >= 11 is 0. The molecule has 2 aliphatic heterocycles. The van der Waals surface area contributed by atoms with Gasteiger partial charge in [-0.15, -0.1) is 0 Å². The van der Waals surface area contributed by atoms with E-state index in [1.165, 1.54) is 0 Å². The predicted octanol–water partition coefficient (Wildman–Crippen LogP) is 2.29. The summed E-state index contributed by atoms with van der Waals surface area (Å²) in [7, 11) is 0. The van der Waals surface area contributed by atoms with Crippen molar-refractivity contribution in [2.75, 3.05) is 44.3 Å². The van der Waals surface area contributed by atoms with Crippen LogP contribution in [-0.2, 0) is 4.74 Å². The van der Waals surface area contributed by atoms with E-state index in [2.05, 4.69) is 30.2 Å². The molecule has 2 aliphatic rings. The zero-order valence-electron chi connectivity index (χ0n) is 20.8. The molecule has 2 saturated heterocycles.